The van der Waals surface area contributed by atoms with Crippen molar-refractivity contribution in [1.82, 2.24) is 14.6 Å². The number of rotatable bonds is 5. The van der Waals surface area contributed by atoms with Gasteiger partial charge in [0.25, 0.3) is 0 Å². The van der Waals surface area contributed by atoms with Gasteiger partial charge < -0.3 is 15.6 Å². The number of hydrogen-bond acceptors (Lipinski definition) is 10. The van der Waals surface area contributed by atoms with Crippen LogP contribution in [0.1, 0.15) is 26.6 Å². The molecule has 0 bridgehead atoms. The highest BCUT2D eigenvalue weighted by molar-refractivity contribution is 8.00. The molecule has 2 aliphatic rings. The van der Waals surface area contributed by atoms with Gasteiger partial charge in [0.05, 0.1) is 11.9 Å². The lowest BCUT2D eigenvalue weighted by molar-refractivity contribution is -0.141. The Hall–Kier alpha value is -1.43. The zero-order valence-corrected chi connectivity index (χ0v) is 16.4. The molecule has 0 saturated carbocycles. The standard InChI is InChI=1S/C14H21N4O7PS.CH4/c1-7(5-23-8(2)19)17-26(22)24-6-9-12(25-26)11(20)13(27-9)18-4-3-10(15)16-14(18)21;/h3-4,7,9,11-13,20H,5-6H2,1-2H3,(H,17,22)(H2,15,16,21);1H4/t7-,9+,11-,12?,13+,26?;/m0./s1. The van der Waals surface area contributed by atoms with Gasteiger partial charge in [-0.3, -0.25) is 18.4 Å². The number of aromatic nitrogens is 2. The maximum atomic E-state index is 12.8. The Morgan fingerprint density at radius 3 is 3.00 bits per heavy atom. The second kappa shape index (κ2) is 8.93. The number of hydrogen-bond donors (Lipinski definition) is 3. The van der Waals surface area contributed by atoms with Crippen LogP contribution in [0, 0.1) is 0 Å². The van der Waals surface area contributed by atoms with Gasteiger partial charge in [0.15, 0.2) is 0 Å². The van der Waals surface area contributed by atoms with Crippen molar-refractivity contribution in [2.75, 3.05) is 18.9 Å². The molecule has 0 aliphatic carbocycles. The molecule has 158 valence electrons. The number of carbonyl (C=O) groups excluding carboxylic acids is 1. The predicted octanol–water partition coefficient (Wildman–Crippen LogP) is 0.501. The highest BCUT2D eigenvalue weighted by atomic mass is 32.2. The third-order valence-corrected chi connectivity index (χ3v) is 7.33. The molecule has 2 aliphatic heterocycles. The minimum absolute atomic E-state index is 0. The SMILES string of the molecule is C.CC(=O)OC[C@H](C)NP1(=O)OC[C@H]2S[C@@H](n3ccc(N)nc3=O)[C@@H](O)C2O1. The van der Waals surface area contributed by atoms with E-state index in [4.69, 9.17) is 19.5 Å². The van der Waals surface area contributed by atoms with Crippen LogP contribution in [0.5, 0.6) is 0 Å². The Morgan fingerprint density at radius 2 is 2.36 bits per heavy atom. The fraction of sp³-hybridized carbons (Fsp3) is 0.667. The van der Waals surface area contributed by atoms with Crippen LogP contribution in [0.25, 0.3) is 0 Å². The fourth-order valence-corrected chi connectivity index (χ4v) is 6.24. The van der Waals surface area contributed by atoms with Crippen LogP contribution in [-0.2, 0) is 23.1 Å². The van der Waals surface area contributed by atoms with E-state index >= 15 is 0 Å². The van der Waals surface area contributed by atoms with E-state index in [1.54, 1.807) is 6.92 Å². The Morgan fingerprint density at radius 1 is 1.64 bits per heavy atom. The van der Waals surface area contributed by atoms with E-state index in [9.17, 15) is 19.3 Å². The van der Waals surface area contributed by atoms with Crippen molar-refractivity contribution in [2.45, 2.75) is 50.1 Å². The number of aliphatic hydroxyl groups is 1. The second-order valence-corrected chi connectivity index (χ2v) is 9.38. The fourth-order valence-electron chi connectivity index (χ4n) is 2.81. The summed E-state index contributed by atoms with van der Waals surface area (Å²) in [5.41, 5.74) is 4.89. The number of thioether (sulfide) groups is 1. The number of nitrogens with zero attached hydrogens (tertiary/aromatic N) is 2. The minimum Gasteiger partial charge on any atom is -0.464 e. The van der Waals surface area contributed by atoms with Gasteiger partial charge in [-0.25, -0.2) is 14.4 Å². The monoisotopic (exact) mass is 436 g/mol. The molecular weight excluding hydrogens is 411 g/mol. The van der Waals surface area contributed by atoms with Gasteiger partial charge in [0.2, 0.25) is 0 Å². The normalized spacial score (nSPS) is 32.8. The van der Waals surface area contributed by atoms with Gasteiger partial charge in [0.1, 0.15) is 30.0 Å². The first kappa shape index (κ1) is 22.9. The van der Waals surface area contributed by atoms with E-state index in [0.717, 1.165) is 0 Å². The predicted molar refractivity (Wildman–Crippen MR) is 104 cm³/mol. The summed E-state index contributed by atoms with van der Waals surface area (Å²) in [6.45, 7) is 2.98. The summed E-state index contributed by atoms with van der Waals surface area (Å²) in [5, 5.41) is 12.3. The quantitative estimate of drug-likeness (QED) is 0.436. The van der Waals surface area contributed by atoms with Gasteiger partial charge in [-0.15, -0.1) is 11.8 Å². The molecule has 0 amide bonds. The first-order valence-corrected chi connectivity index (χ1v) is 10.7. The molecule has 13 heteroatoms. The number of esters is 1. The van der Waals surface area contributed by atoms with Gasteiger partial charge in [0, 0.05) is 19.2 Å². The zero-order valence-electron chi connectivity index (χ0n) is 14.7. The summed E-state index contributed by atoms with van der Waals surface area (Å²) < 4.78 is 29.8. The smallest absolute Gasteiger partial charge is 0.406 e. The summed E-state index contributed by atoms with van der Waals surface area (Å²) in [6, 6.07) is 0.971. The Bertz CT molecular complexity index is 822. The van der Waals surface area contributed by atoms with Crippen molar-refractivity contribution >= 4 is 31.3 Å². The van der Waals surface area contributed by atoms with Gasteiger partial charge in [-0.2, -0.15) is 4.98 Å². The molecule has 2 fully saturated rings. The van der Waals surface area contributed by atoms with Crippen molar-refractivity contribution < 1.29 is 28.3 Å². The summed E-state index contributed by atoms with van der Waals surface area (Å²) >= 11 is 1.27. The van der Waals surface area contributed by atoms with E-state index in [-0.39, 0.29) is 31.7 Å². The highest BCUT2D eigenvalue weighted by Gasteiger charge is 2.52. The van der Waals surface area contributed by atoms with Crippen LogP contribution in [0.4, 0.5) is 5.82 Å². The highest BCUT2D eigenvalue weighted by Crippen LogP contribution is 2.56. The number of nitrogen functional groups attached to an aromatic ring is 1. The molecule has 0 radical (unpaired) electrons. The van der Waals surface area contributed by atoms with Crippen molar-refractivity contribution in [2.24, 2.45) is 0 Å². The maximum absolute atomic E-state index is 12.8. The van der Waals surface area contributed by atoms with Crippen molar-refractivity contribution in [1.29, 1.82) is 0 Å². The lowest BCUT2D eigenvalue weighted by Gasteiger charge is -2.33. The number of anilines is 1. The average molecular weight is 436 g/mol. The summed E-state index contributed by atoms with van der Waals surface area (Å²) in [7, 11) is -3.71. The van der Waals surface area contributed by atoms with Crippen LogP contribution in [0.3, 0.4) is 0 Å². The lowest BCUT2D eigenvalue weighted by Crippen LogP contribution is -2.43. The van der Waals surface area contributed by atoms with Crippen molar-refractivity contribution in [3.05, 3.63) is 22.7 Å². The third-order valence-electron chi connectivity index (χ3n) is 4.02. The number of carbonyl (C=O) groups is 1. The Labute approximate surface area is 166 Å². The molecule has 0 spiro atoms. The number of fused-ring (bicyclic) bond motifs is 1. The molecule has 0 aromatic carbocycles. The van der Waals surface area contributed by atoms with Crippen LogP contribution >= 0.6 is 19.5 Å². The lowest BCUT2D eigenvalue weighted by atomic mass is 10.1. The topological polar surface area (TPSA) is 155 Å². The summed E-state index contributed by atoms with van der Waals surface area (Å²) in [4.78, 5) is 26.6. The first-order chi connectivity index (χ1) is 12.7. The van der Waals surface area contributed by atoms with E-state index in [1.807, 2.05) is 0 Å². The molecule has 1 aromatic heterocycles. The van der Waals surface area contributed by atoms with E-state index in [2.05, 4.69) is 10.1 Å². The molecule has 2 unspecified atom stereocenters. The average Bonchev–Trinajstić information content (AvgIpc) is 2.89. The van der Waals surface area contributed by atoms with Crippen LogP contribution in [-0.4, -0.2) is 57.3 Å². The number of ether oxygens (including phenoxy) is 1. The van der Waals surface area contributed by atoms with E-state index in [1.165, 1.54) is 35.5 Å². The van der Waals surface area contributed by atoms with E-state index < -0.39 is 43.0 Å². The first-order valence-electron chi connectivity index (χ1n) is 8.21. The minimum atomic E-state index is -3.71. The largest absolute Gasteiger partial charge is 0.464 e. The molecule has 1 aromatic rings. The van der Waals surface area contributed by atoms with Crippen molar-refractivity contribution in [3.8, 4) is 0 Å². The molecule has 3 heterocycles. The Balaban J connectivity index is 0.00000280. The van der Waals surface area contributed by atoms with Crippen LogP contribution < -0.4 is 16.5 Å². The Kier molecular flexibility index (Phi) is 7.29. The van der Waals surface area contributed by atoms with Gasteiger partial charge >= 0.3 is 19.4 Å². The third kappa shape index (κ3) is 4.94. The molecule has 3 rings (SSSR count). The molecule has 4 N–H and O–H groups in total. The molecule has 6 atom stereocenters. The van der Waals surface area contributed by atoms with E-state index in [0.29, 0.717) is 0 Å². The molecule has 2 saturated heterocycles. The summed E-state index contributed by atoms with van der Waals surface area (Å²) in [5.74, 6) is -0.373. The van der Waals surface area contributed by atoms with Crippen molar-refractivity contribution in [3.63, 3.8) is 0 Å². The van der Waals surface area contributed by atoms with Gasteiger partial charge in [-0.1, -0.05) is 7.43 Å². The summed E-state index contributed by atoms with van der Waals surface area (Å²) in [6.07, 6.45) is -0.466. The molecule has 28 heavy (non-hydrogen) atoms. The van der Waals surface area contributed by atoms with Gasteiger partial charge in [-0.05, 0) is 13.0 Å². The zero-order chi connectivity index (χ0) is 19.8. The second-order valence-electron chi connectivity index (χ2n) is 6.29. The number of aliphatic hydroxyl groups excluding tert-OH is 1. The van der Waals surface area contributed by atoms with Crippen LogP contribution in [0.15, 0.2) is 17.1 Å². The molecule has 11 nitrogen and oxygen atoms in total. The number of nitrogens with two attached hydrogens (primary N) is 1. The number of nitrogens with one attached hydrogen (secondary N) is 1. The maximum Gasteiger partial charge on any atom is 0.406 e. The van der Waals surface area contributed by atoms with Crippen LogP contribution in [0.2, 0.25) is 0 Å². The molecular formula is C15H25N4O7PS.